The molecule has 3 heterocycles. The second kappa shape index (κ2) is 8.33. The number of rotatable bonds is 6. The Kier molecular flexibility index (Phi) is 5.89. The van der Waals surface area contributed by atoms with E-state index in [1.807, 2.05) is 35.7 Å². The Morgan fingerprint density at radius 3 is 2.85 bits per heavy atom. The molecular formula is C16H18F3N7S. The molecule has 2 N–H and O–H groups in total. The summed E-state index contributed by atoms with van der Waals surface area (Å²) in [4.78, 5) is 8.07. The predicted octanol–water partition coefficient (Wildman–Crippen LogP) is 2.50. The number of nitrogens with zero attached hydrogens (tertiary/aromatic N) is 5. The highest BCUT2D eigenvalue weighted by Gasteiger charge is 2.33. The normalized spacial score (nSPS) is 12.5. The molecule has 0 radical (unpaired) electrons. The van der Waals surface area contributed by atoms with Crippen LogP contribution in [-0.2, 0) is 19.1 Å². The molecule has 0 aliphatic rings. The van der Waals surface area contributed by atoms with Crippen molar-refractivity contribution in [2.75, 3.05) is 13.1 Å². The van der Waals surface area contributed by atoms with Gasteiger partial charge in [0.1, 0.15) is 6.54 Å². The minimum absolute atomic E-state index is 0.315. The molecule has 0 aliphatic heterocycles. The van der Waals surface area contributed by atoms with Crippen molar-refractivity contribution in [2.24, 2.45) is 4.99 Å². The van der Waals surface area contributed by atoms with E-state index < -0.39 is 11.9 Å². The Bertz CT molecular complexity index is 916. The van der Waals surface area contributed by atoms with Crippen molar-refractivity contribution in [3.05, 3.63) is 46.3 Å². The van der Waals surface area contributed by atoms with E-state index in [0.29, 0.717) is 42.8 Å². The fourth-order valence-electron chi connectivity index (χ4n) is 2.33. The van der Waals surface area contributed by atoms with E-state index in [9.17, 15) is 13.2 Å². The minimum Gasteiger partial charge on any atom is -0.357 e. The van der Waals surface area contributed by atoms with Crippen LogP contribution in [0.2, 0.25) is 0 Å². The van der Waals surface area contributed by atoms with Gasteiger partial charge in [0.05, 0.1) is 5.01 Å². The van der Waals surface area contributed by atoms with Gasteiger partial charge in [-0.05, 0) is 19.1 Å². The summed E-state index contributed by atoms with van der Waals surface area (Å²) in [5.41, 5.74) is -0.105. The number of fused-ring (bicyclic) bond motifs is 1. The van der Waals surface area contributed by atoms with Crippen molar-refractivity contribution < 1.29 is 13.2 Å². The second-order valence-electron chi connectivity index (χ2n) is 5.54. The molecule has 11 heteroatoms. The van der Waals surface area contributed by atoms with E-state index in [1.165, 1.54) is 0 Å². The number of pyridine rings is 1. The Balaban J connectivity index is 1.58. The standard InChI is InChI=1S/C16H18F3N7S/c1-2-20-15(21-7-6-14-23-11(10-27-14)16(17,18)19)22-9-13-25-24-12-5-3-4-8-26(12)13/h3-5,8,10H,2,6-7,9H2,1H3,(H2,20,21,22). The predicted molar refractivity (Wildman–Crippen MR) is 96.6 cm³/mol. The number of alkyl halides is 3. The van der Waals surface area contributed by atoms with Gasteiger partial charge in [-0.2, -0.15) is 13.2 Å². The van der Waals surface area contributed by atoms with E-state index in [0.717, 1.165) is 22.4 Å². The average Bonchev–Trinajstić information content (AvgIpc) is 3.26. The van der Waals surface area contributed by atoms with Crippen LogP contribution in [0.3, 0.4) is 0 Å². The van der Waals surface area contributed by atoms with Crippen LogP contribution in [0.1, 0.15) is 23.4 Å². The maximum Gasteiger partial charge on any atom is 0.434 e. The number of aliphatic imine (C=N–C) groups is 1. The van der Waals surface area contributed by atoms with Crippen molar-refractivity contribution >= 4 is 22.9 Å². The summed E-state index contributed by atoms with van der Waals surface area (Å²) in [7, 11) is 0. The molecule has 3 aromatic heterocycles. The van der Waals surface area contributed by atoms with Gasteiger partial charge >= 0.3 is 6.18 Å². The third-order valence-electron chi connectivity index (χ3n) is 3.58. The Morgan fingerprint density at radius 2 is 2.11 bits per heavy atom. The lowest BCUT2D eigenvalue weighted by atomic mass is 10.4. The summed E-state index contributed by atoms with van der Waals surface area (Å²) >= 11 is 1.00. The summed E-state index contributed by atoms with van der Waals surface area (Å²) in [5.74, 6) is 1.25. The number of nitrogens with one attached hydrogen (secondary N) is 2. The zero-order valence-corrected chi connectivity index (χ0v) is 15.3. The molecule has 0 atom stereocenters. The molecule has 0 fully saturated rings. The van der Waals surface area contributed by atoms with Gasteiger partial charge in [-0.15, -0.1) is 21.5 Å². The molecule has 144 valence electrons. The molecule has 0 unspecified atom stereocenters. The lowest BCUT2D eigenvalue weighted by Crippen LogP contribution is -2.38. The van der Waals surface area contributed by atoms with E-state index in [4.69, 9.17) is 0 Å². The quantitative estimate of drug-likeness (QED) is 0.494. The molecule has 0 amide bonds. The second-order valence-corrected chi connectivity index (χ2v) is 6.48. The molecule has 0 aromatic carbocycles. The van der Waals surface area contributed by atoms with Crippen molar-refractivity contribution in [3.63, 3.8) is 0 Å². The van der Waals surface area contributed by atoms with Crippen molar-refractivity contribution in [1.82, 2.24) is 30.2 Å². The molecule has 0 aliphatic carbocycles. The number of halogens is 3. The average molecular weight is 397 g/mol. The van der Waals surface area contributed by atoms with E-state index in [2.05, 4.69) is 30.8 Å². The number of guanidine groups is 1. The van der Waals surface area contributed by atoms with E-state index in [1.54, 1.807) is 0 Å². The maximum atomic E-state index is 12.6. The fraction of sp³-hybridized carbons (Fsp3) is 0.375. The zero-order chi connectivity index (χ0) is 19.3. The van der Waals surface area contributed by atoms with Crippen LogP contribution >= 0.6 is 11.3 Å². The molecular weight excluding hydrogens is 379 g/mol. The zero-order valence-electron chi connectivity index (χ0n) is 14.5. The van der Waals surface area contributed by atoms with E-state index in [-0.39, 0.29) is 0 Å². The molecule has 3 rings (SSSR count). The largest absolute Gasteiger partial charge is 0.434 e. The SMILES string of the molecule is CCNC(=NCc1nnc2ccccn12)NCCc1nc(C(F)(F)F)cs1. The molecule has 27 heavy (non-hydrogen) atoms. The lowest BCUT2D eigenvalue weighted by Gasteiger charge is -2.10. The molecule has 0 bridgehead atoms. The van der Waals surface area contributed by atoms with Gasteiger partial charge in [-0.1, -0.05) is 6.07 Å². The Labute approximate surface area is 157 Å². The number of hydrogen-bond donors (Lipinski definition) is 2. The summed E-state index contributed by atoms with van der Waals surface area (Å²) in [6.07, 6.45) is -2.17. The number of hydrogen-bond acceptors (Lipinski definition) is 5. The molecule has 0 spiro atoms. The number of thiazole rings is 1. The van der Waals surface area contributed by atoms with Crippen LogP contribution in [0.5, 0.6) is 0 Å². The fourth-order valence-corrected chi connectivity index (χ4v) is 3.14. The number of aromatic nitrogens is 4. The molecule has 0 saturated carbocycles. The first kappa shape index (κ1) is 19.1. The molecule has 0 saturated heterocycles. The van der Waals surface area contributed by atoms with Gasteiger partial charge in [-0.25, -0.2) is 9.98 Å². The summed E-state index contributed by atoms with van der Waals surface area (Å²) < 4.78 is 39.6. The highest BCUT2D eigenvalue weighted by atomic mass is 32.1. The van der Waals surface area contributed by atoms with Crippen LogP contribution in [0, 0.1) is 0 Å². The topological polar surface area (TPSA) is 79.5 Å². The van der Waals surface area contributed by atoms with E-state index >= 15 is 0 Å². The van der Waals surface area contributed by atoms with Gasteiger partial charge in [0.2, 0.25) is 0 Å². The lowest BCUT2D eigenvalue weighted by molar-refractivity contribution is -0.140. The van der Waals surface area contributed by atoms with Gasteiger partial charge < -0.3 is 10.6 Å². The third-order valence-corrected chi connectivity index (χ3v) is 4.49. The highest BCUT2D eigenvalue weighted by Crippen LogP contribution is 2.29. The van der Waals surface area contributed by atoms with Gasteiger partial charge in [0.25, 0.3) is 0 Å². The monoisotopic (exact) mass is 397 g/mol. The van der Waals surface area contributed by atoms with Gasteiger partial charge in [0.15, 0.2) is 23.1 Å². The van der Waals surface area contributed by atoms with Gasteiger partial charge in [0, 0.05) is 31.1 Å². The van der Waals surface area contributed by atoms with Crippen molar-refractivity contribution in [2.45, 2.75) is 26.1 Å². The van der Waals surface area contributed by atoms with Gasteiger partial charge in [-0.3, -0.25) is 4.40 Å². The van der Waals surface area contributed by atoms with Crippen LogP contribution < -0.4 is 10.6 Å². The minimum atomic E-state index is -4.40. The van der Waals surface area contributed by atoms with Crippen LogP contribution in [0.4, 0.5) is 13.2 Å². The maximum absolute atomic E-state index is 12.6. The first-order valence-electron chi connectivity index (χ1n) is 8.30. The Hall–Kier alpha value is -2.69. The van der Waals surface area contributed by atoms with Crippen LogP contribution in [-0.4, -0.2) is 38.6 Å². The third kappa shape index (κ3) is 4.94. The first-order valence-corrected chi connectivity index (χ1v) is 9.17. The highest BCUT2D eigenvalue weighted by molar-refractivity contribution is 7.09. The van der Waals surface area contributed by atoms with Crippen molar-refractivity contribution in [3.8, 4) is 0 Å². The smallest absolute Gasteiger partial charge is 0.357 e. The molecule has 7 nitrogen and oxygen atoms in total. The van der Waals surface area contributed by atoms with Crippen LogP contribution in [0.15, 0.2) is 34.8 Å². The van der Waals surface area contributed by atoms with Crippen LogP contribution in [0.25, 0.3) is 5.65 Å². The summed E-state index contributed by atoms with van der Waals surface area (Å²) in [6.45, 7) is 3.31. The Morgan fingerprint density at radius 1 is 1.26 bits per heavy atom. The van der Waals surface area contributed by atoms with Crippen molar-refractivity contribution in [1.29, 1.82) is 0 Å². The molecule has 3 aromatic rings. The summed E-state index contributed by atoms with van der Waals surface area (Å²) in [6, 6.07) is 5.62. The summed E-state index contributed by atoms with van der Waals surface area (Å²) in [5, 5.41) is 15.8. The first-order chi connectivity index (χ1) is 13.0.